The highest BCUT2D eigenvalue weighted by atomic mass is 35.5. The molecule has 0 saturated carbocycles. The van der Waals surface area contributed by atoms with Crippen molar-refractivity contribution in [1.29, 1.82) is 5.26 Å². The third-order valence-electron chi connectivity index (χ3n) is 2.40. The van der Waals surface area contributed by atoms with Crippen LogP contribution in [0.25, 0.3) is 0 Å². The Morgan fingerprint density at radius 2 is 1.95 bits per heavy atom. The molecular weight excluding hydrogens is 269 g/mol. The zero-order valence-electron chi connectivity index (χ0n) is 9.65. The van der Waals surface area contributed by atoms with Crippen LogP contribution in [0.5, 0.6) is 11.5 Å². The second-order valence-electron chi connectivity index (χ2n) is 3.75. The Hall–Kier alpha value is -2.45. The monoisotopic (exact) mass is 277 g/mol. The summed E-state index contributed by atoms with van der Waals surface area (Å²) < 4.78 is 19.2. The van der Waals surface area contributed by atoms with Crippen molar-refractivity contribution >= 4 is 23.0 Å². The topological polar surface area (TPSA) is 85.1 Å². The molecule has 4 nitrogen and oxygen atoms in total. The summed E-state index contributed by atoms with van der Waals surface area (Å²) in [6.07, 6.45) is 0. The number of nitrogens with two attached hydrogens (primary N) is 2. The molecule has 2 aromatic carbocycles. The van der Waals surface area contributed by atoms with Crippen LogP contribution in [0, 0.1) is 17.1 Å². The van der Waals surface area contributed by atoms with Crippen LogP contribution >= 0.6 is 11.6 Å². The maximum atomic E-state index is 13.9. The zero-order chi connectivity index (χ0) is 14.0. The summed E-state index contributed by atoms with van der Waals surface area (Å²) in [6.45, 7) is 0. The summed E-state index contributed by atoms with van der Waals surface area (Å²) in [6, 6.07) is 9.51. The molecule has 4 N–H and O–H groups in total. The van der Waals surface area contributed by atoms with Crippen LogP contribution in [0.1, 0.15) is 5.56 Å². The van der Waals surface area contributed by atoms with Crippen LogP contribution in [0.4, 0.5) is 15.8 Å². The SMILES string of the molecule is N#Cc1cccc(Oc2c(N)cc(N)c(Cl)c2F)c1. The van der Waals surface area contributed by atoms with Gasteiger partial charge in [-0.2, -0.15) is 5.26 Å². The standard InChI is InChI=1S/C13H9ClFN3O/c14-11-9(17)5-10(18)13(12(11)15)19-8-3-1-2-7(4-8)6-16/h1-5H,17-18H2. The molecule has 0 bridgehead atoms. The zero-order valence-corrected chi connectivity index (χ0v) is 10.4. The first-order valence-electron chi connectivity index (χ1n) is 5.24. The summed E-state index contributed by atoms with van der Waals surface area (Å²) >= 11 is 5.69. The van der Waals surface area contributed by atoms with Gasteiger partial charge in [0.1, 0.15) is 10.8 Å². The molecule has 0 spiro atoms. The summed E-state index contributed by atoms with van der Waals surface area (Å²) in [7, 11) is 0. The molecule has 0 aliphatic carbocycles. The fraction of sp³-hybridized carbons (Fsp3) is 0. The number of nitriles is 1. The van der Waals surface area contributed by atoms with Gasteiger partial charge in [0, 0.05) is 0 Å². The molecule has 0 amide bonds. The number of halogens is 2. The van der Waals surface area contributed by atoms with Crippen molar-refractivity contribution in [3.63, 3.8) is 0 Å². The highest BCUT2D eigenvalue weighted by Crippen LogP contribution is 2.38. The minimum atomic E-state index is -0.832. The van der Waals surface area contributed by atoms with E-state index in [4.69, 9.17) is 33.1 Å². The molecule has 0 saturated heterocycles. The molecule has 0 radical (unpaired) electrons. The second-order valence-corrected chi connectivity index (χ2v) is 4.13. The van der Waals surface area contributed by atoms with Crippen LogP contribution < -0.4 is 16.2 Å². The molecule has 0 aromatic heterocycles. The lowest BCUT2D eigenvalue weighted by Crippen LogP contribution is -1.99. The highest BCUT2D eigenvalue weighted by molar-refractivity contribution is 6.33. The van der Waals surface area contributed by atoms with Crippen molar-refractivity contribution in [3.8, 4) is 17.6 Å². The summed E-state index contributed by atoms with van der Waals surface area (Å²) in [5.74, 6) is -0.763. The predicted molar refractivity (Wildman–Crippen MR) is 71.5 cm³/mol. The Morgan fingerprint density at radius 1 is 1.21 bits per heavy atom. The van der Waals surface area contributed by atoms with Gasteiger partial charge in [-0.1, -0.05) is 17.7 Å². The van der Waals surface area contributed by atoms with E-state index in [0.717, 1.165) is 0 Å². The first-order chi connectivity index (χ1) is 9.02. The average Bonchev–Trinajstić information content (AvgIpc) is 2.41. The van der Waals surface area contributed by atoms with E-state index in [-0.39, 0.29) is 27.9 Å². The summed E-state index contributed by atoms with van der Waals surface area (Å²) in [5.41, 5.74) is 11.6. The minimum Gasteiger partial charge on any atom is -0.452 e. The Morgan fingerprint density at radius 3 is 2.63 bits per heavy atom. The quantitative estimate of drug-likeness (QED) is 0.825. The number of nitrogens with zero attached hydrogens (tertiary/aromatic N) is 1. The highest BCUT2D eigenvalue weighted by Gasteiger charge is 2.16. The van der Waals surface area contributed by atoms with E-state index in [1.165, 1.54) is 12.1 Å². The van der Waals surface area contributed by atoms with Crippen molar-refractivity contribution in [2.45, 2.75) is 0 Å². The fourth-order valence-electron chi connectivity index (χ4n) is 1.50. The van der Waals surface area contributed by atoms with Gasteiger partial charge in [-0.15, -0.1) is 0 Å². The van der Waals surface area contributed by atoms with Gasteiger partial charge in [0.2, 0.25) is 0 Å². The van der Waals surface area contributed by atoms with E-state index < -0.39 is 5.82 Å². The lowest BCUT2D eigenvalue weighted by molar-refractivity contribution is 0.445. The van der Waals surface area contributed by atoms with Crippen LogP contribution in [0.15, 0.2) is 30.3 Å². The fourth-order valence-corrected chi connectivity index (χ4v) is 1.64. The van der Waals surface area contributed by atoms with Gasteiger partial charge in [0.15, 0.2) is 11.6 Å². The van der Waals surface area contributed by atoms with E-state index in [1.807, 2.05) is 6.07 Å². The molecule has 0 aliphatic rings. The molecule has 96 valence electrons. The number of hydrogen-bond acceptors (Lipinski definition) is 4. The summed E-state index contributed by atoms with van der Waals surface area (Å²) in [5, 5.41) is 8.53. The maximum absolute atomic E-state index is 13.9. The summed E-state index contributed by atoms with van der Waals surface area (Å²) in [4.78, 5) is 0. The lowest BCUT2D eigenvalue weighted by Gasteiger charge is -2.12. The second kappa shape index (κ2) is 5.04. The average molecular weight is 278 g/mol. The third kappa shape index (κ3) is 2.54. The van der Waals surface area contributed by atoms with E-state index >= 15 is 0 Å². The van der Waals surface area contributed by atoms with E-state index in [9.17, 15) is 4.39 Å². The molecule has 2 aromatic rings. The van der Waals surface area contributed by atoms with Gasteiger partial charge in [-0.05, 0) is 24.3 Å². The Labute approximate surface area is 114 Å². The normalized spacial score (nSPS) is 9.95. The number of nitrogen functional groups attached to an aromatic ring is 2. The lowest BCUT2D eigenvalue weighted by atomic mass is 10.2. The van der Waals surface area contributed by atoms with Crippen LogP contribution in [0.3, 0.4) is 0 Å². The maximum Gasteiger partial charge on any atom is 0.188 e. The Balaban J connectivity index is 2.44. The molecule has 0 atom stereocenters. The molecule has 0 aliphatic heterocycles. The van der Waals surface area contributed by atoms with Gasteiger partial charge in [0.25, 0.3) is 0 Å². The smallest absolute Gasteiger partial charge is 0.188 e. The van der Waals surface area contributed by atoms with Crippen molar-refractivity contribution in [2.24, 2.45) is 0 Å². The van der Waals surface area contributed by atoms with Crippen molar-refractivity contribution in [2.75, 3.05) is 11.5 Å². The van der Waals surface area contributed by atoms with Gasteiger partial charge >= 0.3 is 0 Å². The van der Waals surface area contributed by atoms with Crippen LogP contribution in [-0.2, 0) is 0 Å². The largest absolute Gasteiger partial charge is 0.452 e. The van der Waals surface area contributed by atoms with Gasteiger partial charge in [-0.25, -0.2) is 4.39 Å². The molecule has 2 rings (SSSR count). The first-order valence-corrected chi connectivity index (χ1v) is 5.61. The predicted octanol–water partition coefficient (Wildman–Crippen LogP) is 3.31. The van der Waals surface area contributed by atoms with Crippen molar-refractivity contribution < 1.29 is 9.13 Å². The van der Waals surface area contributed by atoms with E-state index in [1.54, 1.807) is 18.2 Å². The number of anilines is 2. The Kier molecular flexibility index (Phi) is 3.45. The molecule has 0 unspecified atom stereocenters. The van der Waals surface area contributed by atoms with Crippen molar-refractivity contribution in [1.82, 2.24) is 0 Å². The van der Waals surface area contributed by atoms with Gasteiger partial charge in [-0.3, -0.25) is 0 Å². The molecule has 0 fully saturated rings. The molecule has 0 heterocycles. The van der Waals surface area contributed by atoms with E-state index in [2.05, 4.69) is 0 Å². The van der Waals surface area contributed by atoms with Crippen LogP contribution in [-0.4, -0.2) is 0 Å². The number of hydrogen-bond donors (Lipinski definition) is 2. The van der Waals surface area contributed by atoms with E-state index in [0.29, 0.717) is 5.56 Å². The van der Waals surface area contributed by atoms with Gasteiger partial charge < -0.3 is 16.2 Å². The number of ether oxygens (including phenoxy) is 1. The van der Waals surface area contributed by atoms with Crippen molar-refractivity contribution in [3.05, 3.63) is 46.7 Å². The third-order valence-corrected chi connectivity index (χ3v) is 2.79. The minimum absolute atomic E-state index is 0.0294. The first kappa shape index (κ1) is 13.0. The Bertz CT molecular complexity index is 682. The molecular formula is C13H9ClFN3O. The molecule has 6 heteroatoms. The molecule has 19 heavy (non-hydrogen) atoms. The van der Waals surface area contributed by atoms with Crippen LogP contribution in [0.2, 0.25) is 5.02 Å². The van der Waals surface area contributed by atoms with Gasteiger partial charge in [0.05, 0.1) is 23.0 Å². The number of benzene rings is 2. The number of rotatable bonds is 2.